The van der Waals surface area contributed by atoms with Crippen LogP contribution in [0.3, 0.4) is 0 Å². The molecular weight excluding hydrogens is 392 g/mol. The first kappa shape index (κ1) is 19.6. The number of rotatable bonds is 4. The highest BCUT2D eigenvalue weighted by Crippen LogP contribution is 2.21. The number of hydrogen-bond acceptors (Lipinski definition) is 8. The molecule has 10 heteroatoms. The first-order valence-electron chi connectivity index (χ1n) is 9.49. The number of morpholine rings is 1. The number of benzene rings is 1. The number of anilines is 2. The number of piperazine rings is 1. The molecule has 0 radical (unpaired) electrons. The van der Waals surface area contributed by atoms with E-state index in [4.69, 9.17) is 10.00 Å². The molecule has 0 unspecified atom stereocenters. The van der Waals surface area contributed by atoms with Gasteiger partial charge in [0, 0.05) is 39.3 Å². The quantitative estimate of drug-likeness (QED) is 0.720. The highest BCUT2D eigenvalue weighted by atomic mass is 32.2. The predicted molar refractivity (Wildman–Crippen MR) is 107 cm³/mol. The van der Waals surface area contributed by atoms with Gasteiger partial charge in [-0.15, -0.1) is 10.2 Å². The zero-order valence-electron chi connectivity index (χ0n) is 15.9. The molecule has 4 rings (SSSR count). The molecule has 152 valence electrons. The van der Waals surface area contributed by atoms with Crippen molar-refractivity contribution >= 4 is 21.7 Å². The van der Waals surface area contributed by atoms with Gasteiger partial charge in [-0.1, -0.05) is 0 Å². The molecule has 0 spiro atoms. The van der Waals surface area contributed by atoms with Gasteiger partial charge in [-0.25, -0.2) is 8.42 Å². The van der Waals surface area contributed by atoms with E-state index in [0.717, 1.165) is 24.7 Å². The second kappa shape index (κ2) is 8.32. The molecule has 29 heavy (non-hydrogen) atoms. The van der Waals surface area contributed by atoms with Gasteiger partial charge >= 0.3 is 0 Å². The summed E-state index contributed by atoms with van der Waals surface area (Å²) in [6.07, 6.45) is 0. The lowest BCUT2D eigenvalue weighted by Gasteiger charge is -2.34. The van der Waals surface area contributed by atoms with Crippen LogP contribution in [0.2, 0.25) is 0 Å². The van der Waals surface area contributed by atoms with Gasteiger partial charge < -0.3 is 14.5 Å². The van der Waals surface area contributed by atoms with Crippen LogP contribution in [0.1, 0.15) is 5.56 Å². The Bertz CT molecular complexity index is 974. The number of hydrogen-bond donors (Lipinski definition) is 0. The summed E-state index contributed by atoms with van der Waals surface area (Å²) in [5, 5.41) is 17.5. The fraction of sp³-hybridized carbons (Fsp3) is 0.421. The molecule has 0 N–H and O–H groups in total. The summed E-state index contributed by atoms with van der Waals surface area (Å²) < 4.78 is 32.5. The largest absolute Gasteiger partial charge is 0.378 e. The van der Waals surface area contributed by atoms with E-state index in [-0.39, 0.29) is 4.90 Å². The number of nitrogens with zero attached hydrogens (tertiary/aromatic N) is 6. The summed E-state index contributed by atoms with van der Waals surface area (Å²) in [5.41, 5.74) is 0.438. The van der Waals surface area contributed by atoms with E-state index >= 15 is 0 Å². The van der Waals surface area contributed by atoms with E-state index in [1.807, 2.05) is 23.1 Å². The van der Waals surface area contributed by atoms with Crippen molar-refractivity contribution in [2.45, 2.75) is 4.90 Å². The van der Waals surface area contributed by atoms with Gasteiger partial charge in [-0.3, -0.25) is 0 Å². The van der Waals surface area contributed by atoms with Crippen LogP contribution >= 0.6 is 0 Å². The number of sulfonamides is 1. The monoisotopic (exact) mass is 414 g/mol. The van der Waals surface area contributed by atoms with Crippen molar-refractivity contribution in [3.8, 4) is 6.07 Å². The maximum absolute atomic E-state index is 12.8. The van der Waals surface area contributed by atoms with Crippen molar-refractivity contribution in [1.29, 1.82) is 5.26 Å². The molecule has 0 amide bonds. The molecule has 2 aromatic rings. The number of nitriles is 1. The van der Waals surface area contributed by atoms with E-state index in [9.17, 15) is 8.42 Å². The van der Waals surface area contributed by atoms with Gasteiger partial charge in [-0.05, 0) is 36.4 Å². The van der Waals surface area contributed by atoms with Crippen LogP contribution in [-0.2, 0) is 14.8 Å². The molecule has 0 bridgehead atoms. The van der Waals surface area contributed by atoms with Crippen LogP contribution in [0, 0.1) is 11.3 Å². The summed E-state index contributed by atoms with van der Waals surface area (Å²) in [6, 6.07) is 11.9. The predicted octanol–water partition coefficient (Wildman–Crippen LogP) is 0.696. The fourth-order valence-corrected chi connectivity index (χ4v) is 4.88. The van der Waals surface area contributed by atoms with Crippen molar-refractivity contribution in [3.63, 3.8) is 0 Å². The minimum Gasteiger partial charge on any atom is -0.378 e. The first-order valence-corrected chi connectivity index (χ1v) is 10.9. The molecule has 0 saturated carbocycles. The van der Waals surface area contributed by atoms with Gasteiger partial charge in [0.05, 0.1) is 29.7 Å². The Morgan fingerprint density at radius 2 is 1.38 bits per heavy atom. The van der Waals surface area contributed by atoms with Crippen molar-refractivity contribution in [2.75, 3.05) is 62.3 Å². The summed E-state index contributed by atoms with van der Waals surface area (Å²) in [4.78, 5) is 4.39. The normalized spacial score (nSPS) is 18.4. The highest BCUT2D eigenvalue weighted by Gasteiger charge is 2.29. The smallest absolute Gasteiger partial charge is 0.243 e. The molecule has 2 aliphatic heterocycles. The topological polar surface area (TPSA) is 103 Å². The van der Waals surface area contributed by atoms with Crippen LogP contribution in [0.25, 0.3) is 0 Å². The standard InChI is InChI=1S/C19H22N6O3S/c20-15-16-1-3-17(4-2-16)29(26,27)25-9-7-23(8-10-25)18-5-6-19(22-21-18)24-11-13-28-14-12-24/h1-6H,7-14H2. The van der Waals surface area contributed by atoms with E-state index in [1.165, 1.54) is 28.6 Å². The number of ether oxygens (including phenoxy) is 1. The Morgan fingerprint density at radius 3 is 1.90 bits per heavy atom. The lowest BCUT2D eigenvalue weighted by molar-refractivity contribution is 0.122. The maximum atomic E-state index is 12.8. The lowest BCUT2D eigenvalue weighted by atomic mass is 10.2. The van der Waals surface area contributed by atoms with Crippen molar-refractivity contribution in [2.24, 2.45) is 0 Å². The summed E-state index contributed by atoms with van der Waals surface area (Å²) in [6.45, 7) is 4.82. The van der Waals surface area contributed by atoms with Crippen LogP contribution in [0.15, 0.2) is 41.3 Å². The molecule has 2 aliphatic rings. The minimum atomic E-state index is -3.57. The van der Waals surface area contributed by atoms with Crippen molar-refractivity contribution in [1.82, 2.24) is 14.5 Å². The minimum absolute atomic E-state index is 0.208. The molecule has 1 aromatic carbocycles. The molecule has 2 fully saturated rings. The fourth-order valence-electron chi connectivity index (χ4n) is 3.46. The summed E-state index contributed by atoms with van der Waals surface area (Å²) >= 11 is 0. The highest BCUT2D eigenvalue weighted by molar-refractivity contribution is 7.89. The summed E-state index contributed by atoms with van der Waals surface area (Å²) in [5.74, 6) is 1.58. The van der Waals surface area contributed by atoms with E-state index in [1.54, 1.807) is 0 Å². The zero-order chi connectivity index (χ0) is 20.3. The lowest BCUT2D eigenvalue weighted by Crippen LogP contribution is -2.49. The molecule has 0 aliphatic carbocycles. The summed E-state index contributed by atoms with van der Waals surface area (Å²) in [7, 11) is -3.57. The van der Waals surface area contributed by atoms with Gasteiger partial charge in [0.1, 0.15) is 0 Å². The third kappa shape index (κ3) is 4.17. The van der Waals surface area contributed by atoms with Gasteiger partial charge in [-0.2, -0.15) is 9.57 Å². The average Bonchev–Trinajstić information content (AvgIpc) is 2.80. The Hall–Kier alpha value is -2.74. The van der Waals surface area contributed by atoms with E-state index in [0.29, 0.717) is 45.0 Å². The van der Waals surface area contributed by atoms with Crippen LogP contribution in [-0.4, -0.2) is 75.4 Å². The average molecular weight is 414 g/mol. The maximum Gasteiger partial charge on any atom is 0.243 e. The second-order valence-corrected chi connectivity index (χ2v) is 8.81. The molecular formula is C19H22N6O3S. The van der Waals surface area contributed by atoms with Crippen molar-refractivity contribution < 1.29 is 13.2 Å². The van der Waals surface area contributed by atoms with Gasteiger partial charge in [0.25, 0.3) is 0 Å². The second-order valence-electron chi connectivity index (χ2n) is 6.88. The van der Waals surface area contributed by atoms with E-state index < -0.39 is 10.0 Å². The Kier molecular flexibility index (Phi) is 5.62. The zero-order valence-corrected chi connectivity index (χ0v) is 16.8. The van der Waals surface area contributed by atoms with Gasteiger partial charge in [0.15, 0.2) is 11.6 Å². The first-order chi connectivity index (χ1) is 14.1. The molecule has 0 atom stereocenters. The molecule has 9 nitrogen and oxygen atoms in total. The Morgan fingerprint density at radius 1 is 0.828 bits per heavy atom. The third-order valence-corrected chi connectivity index (χ3v) is 7.07. The Balaban J connectivity index is 1.39. The molecule has 1 aromatic heterocycles. The molecule has 2 saturated heterocycles. The third-order valence-electron chi connectivity index (χ3n) is 5.16. The van der Waals surface area contributed by atoms with E-state index in [2.05, 4.69) is 15.1 Å². The molecule has 3 heterocycles. The van der Waals surface area contributed by atoms with Crippen LogP contribution < -0.4 is 9.80 Å². The van der Waals surface area contributed by atoms with Crippen LogP contribution in [0.5, 0.6) is 0 Å². The SMILES string of the molecule is N#Cc1ccc(S(=O)(=O)N2CCN(c3ccc(N4CCOCC4)nn3)CC2)cc1. The Labute approximate surface area is 170 Å². The number of aromatic nitrogens is 2. The van der Waals surface area contributed by atoms with Crippen molar-refractivity contribution in [3.05, 3.63) is 42.0 Å². The van der Waals surface area contributed by atoms with Gasteiger partial charge in [0.2, 0.25) is 10.0 Å². The van der Waals surface area contributed by atoms with Crippen LogP contribution in [0.4, 0.5) is 11.6 Å².